The summed E-state index contributed by atoms with van der Waals surface area (Å²) in [5, 5.41) is 3.93. The predicted molar refractivity (Wildman–Crippen MR) is 89.5 cm³/mol. The van der Waals surface area contributed by atoms with Crippen molar-refractivity contribution in [3.63, 3.8) is 0 Å². The second-order valence-corrected chi connectivity index (χ2v) is 5.83. The number of anilines is 1. The summed E-state index contributed by atoms with van der Waals surface area (Å²) in [6.45, 7) is 3.65. The van der Waals surface area contributed by atoms with Gasteiger partial charge in [0.25, 0.3) is 0 Å². The summed E-state index contributed by atoms with van der Waals surface area (Å²) in [5.41, 5.74) is 2.32. The van der Waals surface area contributed by atoms with E-state index < -0.39 is 6.36 Å². The maximum Gasteiger partial charge on any atom is 0.573 e. The number of hydrogen-bond donors (Lipinski definition) is 1. The highest BCUT2D eigenvalue weighted by Crippen LogP contribution is 2.30. The molecule has 132 valence electrons. The van der Waals surface area contributed by atoms with Crippen LogP contribution in [0, 0.1) is 0 Å². The minimum Gasteiger partial charge on any atom is -0.406 e. The molecule has 0 aliphatic carbocycles. The molecule has 0 saturated heterocycles. The second kappa shape index (κ2) is 7.70. The third-order valence-electron chi connectivity index (χ3n) is 3.53. The van der Waals surface area contributed by atoms with Crippen molar-refractivity contribution in [2.75, 3.05) is 32.5 Å². The number of benzene rings is 1. The molecule has 0 atom stereocenters. The number of fused-ring (bicyclic) bond motifs is 1. The fourth-order valence-corrected chi connectivity index (χ4v) is 2.40. The molecular formula is C17H22F3N3O. The number of ether oxygens (including phenoxy) is 1. The minimum absolute atomic E-state index is 0.239. The van der Waals surface area contributed by atoms with E-state index in [1.807, 2.05) is 27.1 Å². The van der Waals surface area contributed by atoms with Crippen molar-refractivity contribution in [2.45, 2.75) is 26.1 Å². The molecule has 0 radical (unpaired) electrons. The zero-order chi connectivity index (χ0) is 17.7. The summed E-state index contributed by atoms with van der Waals surface area (Å²) < 4.78 is 41.3. The van der Waals surface area contributed by atoms with Crippen molar-refractivity contribution in [1.82, 2.24) is 9.88 Å². The SMILES string of the molecule is CCc1cc(NCCCN(C)C)c2cc(OC(F)(F)F)ccc2n1. The van der Waals surface area contributed by atoms with E-state index in [-0.39, 0.29) is 5.75 Å². The van der Waals surface area contributed by atoms with E-state index in [9.17, 15) is 13.2 Å². The molecule has 0 aliphatic rings. The Labute approximate surface area is 139 Å². The summed E-state index contributed by atoms with van der Waals surface area (Å²) in [4.78, 5) is 6.55. The lowest BCUT2D eigenvalue weighted by Gasteiger charge is -2.15. The molecule has 1 N–H and O–H groups in total. The third kappa shape index (κ3) is 5.26. The lowest BCUT2D eigenvalue weighted by molar-refractivity contribution is -0.274. The Morgan fingerprint density at radius 1 is 1.21 bits per heavy atom. The normalized spacial score (nSPS) is 12.0. The van der Waals surface area contributed by atoms with E-state index in [1.165, 1.54) is 12.1 Å². The molecule has 2 aromatic rings. The number of pyridine rings is 1. The monoisotopic (exact) mass is 341 g/mol. The van der Waals surface area contributed by atoms with Crippen molar-refractivity contribution >= 4 is 16.6 Å². The van der Waals surface area contributed by atoms with Gasteiger partial charge in [-0.1, -0.05) is 6.92 Å². The standard InChI is InChI=1S/C17H22F3N3O/c1-4-12-10-16(21-8-5-9-23(2)3)14-11-13(24-17(18,19)20)6-7-15(14)22-12/h6-7,10-11H,4-5,8-9H2,1-3H3,(H,21,22). The van der Waals surface area contributed by atoms with Crippen LogP contribution in [0.3, 0.4) is 0 Å². The first kappa shape index (κ1) is 18.3. The van der Waals surface area contributed by atoms with Crippen LogP contribution in [0.1, 0.15) is 19.0 Å². The maximum absolute atomic E-state index is 12.4. The highest BCUT2D eigenvalue weighted by atomic mass is 19.4. The van der Waals surface area contributed by atoms with Gasteiger partial charge in [0, 0.05) is 23.3 Å². The lowest BCUT2D eigenvalue weighted by atomic mass is 10.1. The first-order chi connectivity index (χ1) is 11.3. The van der Waals surface area contributed by atoms with Crippen molar-refractivity contribution in [2.24, 2.45) is 0 Å². The topological polar surface area (TPSA) is 37.4 Å². The molecule has 1 aromatic heterocycles. The molecule has 0 unspecified atom stereocenters. The van der Waals surface area contributed by atoms with Crippen molar-refractivity contribution in [1.29, 1.82) is 0 Å². The maximum atomic E-state index is 12.4. The molecule has 1 heterocycles. The summed E-state index contributed by atoms with van der Waals surface area (Å²) in [7, 11) is 4.00. The number of aromatic nitrogens is 1. The number of aryl methyl sites for hydroxylation is 1. The van der Waals surface area contributed by atoms with E-state index in [0.29, 0.717) is 10.9 Å². The Kier molecular flexibility index (Phi) is 5.88. The number of halogens is 3. The molecule has 0 aliphatic heterocycles. The Balaban J connectivity index is 2.29. The summed E-state index contributed by atoms with van der Waals surface area (Å²) in [6.07, 6.45) is -3.02. The molecule has 7 heteroatoms. The first-order valence-corrected chi connectivity index (χ1v) is 7.86. The summed E-state index contributed by atoms with van der Waals surface area (Å²) >= 11 is 0. The average Bonchev–Trinajstić information content (AvgIpc) is 2.49. The van der Waals surface area contributed by atoms with Crippen LogP contribution in [0.15, 0.2) is 24.3 Å². The van der Waals surface area contributed by atoms with Gasteiger partial charge in [-0.3, -0.25) is 4.98 Å². The zero-order valence-corrected chi connectivity index (χ0v) is 14.1. The number of alkyl halides is 3. The van der Waals surface area contributed by atoms with Gasteiger partial charge in [-0.2, -0.15) is 0 Å². The molecular weight excluding hydrogens is 319 g/mol. The van der Waals surface area contributed by atoms with Crippen molar-refractivity contribution in [3.8, 4) is 5.75 Å². The Bertz CT molecular complexity index is 687. The lowest BCUT2D eigenvalue weighted by Crippen LogP contribution is -2.17. The molecule has 4 nitrogen and oxygen atoms in total. The number of nitrogens with zero attached hydrogens (tertiary/aromatic N) is 2. The predicted octanol–water partition coefficient (Wildman–Crippen LogP) is 4.06. The number of nitrogens with one attached hydrogen (secondary N) is 1. The molecule has 1 aromatic carbocycles. The molecule has 0 saturated carbocycles. The van der Waals surface area contributed by atoms with Crippen molar-refractivity contribution in [3.05, 3.63) is 30.0 Å². The summed E-state index contributed by atoms with van der Waals surface area (Å²) in [6, 6.07) is 6.11. The quantitative estimate of drug-likeness (QED) is 0.771. The third-order valence-corrected chi connectivity index (χ3v) is 3.53. The van der Waals surface area contributed by atoms with Crippen molar-refractivity contribution < 1.29 is 17.9 Å². The molecule has 0 bridgehead atoms. The van der Waals surface area contributed by atoms with Gasteiger partial charge in [0.05, 0.1) is 5.52 Å². The minimum atomic E-state index is -4.70. The van der Waals surface area contributed by atoms with Crippen LogP contribution < -0.4 is 10.1 Å². The van der Waals surface area contributed by atoms with E-state index in [0.717, 1.165) is 37.3 Å². The average molecular weight is 341 g/mol. The Morgan fingerprint density at radius 3 is 2.58 bits per heavy atom. The fraction of sp³-hybridized carbons (Fsp3) is 0.471. The van der Waals surface area contributed by atoms with Crippen LogP contribution in [0.2, 0.25) is 0 Å². The van der Waals surface area contributed by atoms with Gasteiger partial charge in [-0.05, 0) is 57.7 Å². The van der Waals surface area contributed by atoms with Gasteiger partial charge in [0.15, 0.2) is 0 Å². The second-order valence-electron chi connectivity index (χ2n) is 5.83. The molecule has 0 fully saturated rings. The Hall–Kier alpha value is -2.02. The van der Waals surface area contributed by atoms with E-state index in [1.54, 1.807) is 6.07 Å². The van der Waals surface area contributed by atoms with E-state index in [4.69, 9.17) is 0 Å². The van der Waals surface area contributed by atoms with Crippen LogP contribution in [-0.2, 0) is 6.42 Å². The fourth-order valence-electron chi connectivity index (χ4n) is 2.40. The van der Waals surface area contributed by atoms with E-state index in [2.05, 4.69) is 19.9 Å². The molecule has 24 heavy (non-hydrogen) atoms. The highest BCUT2D eigenvalue weighted by Gasteiger charge is 2.31. The number of rotatable bonds is 7. The Morgan fingerprint density at radius 2 is 1.96 bits per heavy atom. The smallest absolute Gasteiger partial charge is 0.406 e. The van der Waals surface area contributed by atoms with Gasteiger partial charge in [0.2, 0.25) is 0 Å². The largest absolute Gasteiger partial charge is 0.573 e. The van der Waals surface area contributed by atoms with Crippen LogP contribution in [0.5, 0.6) is 5.75 Å². The number of hydrogen-bond acceptors (Lipinski definition) is 4. The van der Waals surface area contributed by atoms with E-state index >= 15 is 0 Å². The van der Waals surface area contributed by atoms with Gasteiger partial charge in [-0.25, -0.2) is 0 Å². The molecule has 0 amide bonds. The van der Waals surface area contributed by atoms with Crippen LogP contribution in [-0.4, -0.2) is 43.4 Å². The van der Waals surface area contributed by atoms with Gasteiger partial charge < -0.3 is 15.0 Å². The highest BCUT2D eigenvalue weighted by molar-refractivity contribution is 5.92. The first-order valence-electron chi connectivity index (χ1n) is 7.86. The zero-order valence-electron chi connectivity index (χ0n) is 14.1. The van der Waals surface area contributed by atoms with Gasteiger partial charge in [-0.15, -0.1) is 13.2 Å². The van der Waals surface area contributed by atoms with Crippen LogP contribution in [0.25, 0.3) is 10.9 Å². The molecule has 2 rings (SSSR count). The molecule has 0 spiro atoms. The van der Waals surface area contributed by atoms with Crippen LogP contribution >= 0.6 is 0 Å². The van der Waals surface area contributed by atoms with Gasteiger partial charge >= 0.3 is 6.36 Å². The summed E-state index contributed by atoms with van der Waals surface area (Å²) in [5.74, 6) is -0.239. The van der Waals surface area contributed by atoms with Crippen LogP contribution in [0.4, 0.5) is 18.9 Å². The van der Waals surface area contributed by atoms with Gasteiger partial charge in [0.1, 0.15) is 5.75 Å².